The first-order valence-electron chi connectivity index (χ1n) is 7.79. The molecule has 2 rings (SSSR count). The number of carbonyl (C=O) groups is 4. The predicted molar refractivity (Wildman–Crippen MR) is 95.0 cm³/mol. The van der Waals surface area contributed by atoms with Gasteiger partial charge in [0.25, 0.3) is 11.8 Å². The second-order valence-electron chi connectivity index (χ2n) is 5.30. The van der Waals surface area contributed by atoms with E-state index in [2.05, 4.69) is 0 Å². The first-order valence-corrected chi connectivity index (χ1v) is 7.79. The summed E-state index contributed by atoms with van der Waals surface area (Å²) in [4.78, 5) is 42.5. The summed E-state index contributed by atoms with van der Waals surface area (Å²) in [6.45, 7) is 0. The van der Waals surface area contributed by atoms with E-state index in [1.807, 2.05) is 0 Å². The van der Waals surface area contributed by atoms with Gasteiger partial charge in [0.15, 0.2) is 0 Å². The molecule has 0 aliphatic rings. The molecule has 170 valence electrons. The van der Waals surface area contributed by atoms with Crippen molar-refractivity contribution in [3.8, 4) is 0 Å². The number of benzene rings is 2. The largest absolute Gasteiger partial charge is 2.00 e. The van der Waals surface area contributed by atoms with Crippen LogP contribution >= 0.6 is 0 Å². The van der Waals surface area contributed by atoms with Gasteiger partial charge in [0.2, 0.25) is 0 Å². The molecule has 0 spiro atoms. The van der Waals surface area contributed by atoms with Gasteiger partial charge in [-0.15, -0.1) is 10.1 Å². The summed E-state index contributed by atoms with van der Waals surface area (Å²) >= 11 is 0. The predicted octanol–water partition coefficient (Wildman–Crippen LogP) is 2.01. The molecule has 31 heavy (non-hydrogen) atoms. The van der Waals surface area contributed by atoms with Crippen LogP contribution in [0.4, 0.5) is 9.59 Å². The van der Waals surface area contributed by atoms with Crippen molar-refractivity contribution in [1.29, 1.82) is 0 Å². The number of hydroxylamine groups is 4. The van der Waals surface area contributed by atoms with E-state index in [4.69, 9.17) is 20.6 Å². The minimum atomic E-state index is -1.68. The molecule has 0 aliphatic carbocycles. The smallest absolute Gasteiger partial charge is 0.438 e. The zero-order valence-corrected chi connectivity index (χ0v) is 18.7. The molecule has 0 heterocycles. The number of hydrogen-bond donors (Lipinski definition) is 4. The second-order valence-corrected chi connectivity index (χ2v) is 5.30. The van der Waals surface area contributed by atoms with Crippen molar-refractivity contribution >= 4 is 24.0 Å². The van der Waals surface area contributed by atoms with Gasteiger partial charge in [-0.3, -0.25) is 20.0 Å². The first-order chi connectivity index (χ1) is 13.2. The minimum Gasteiger partial charge on any atom is -2.00 e. The number of rotatable bonds is 4. The monoisotopic (exact) mass is 606 g/mol. The maximum atomic E-state index is 11.0. The minimum absolute atomic E-state index is 0. The Balaban J connectivity index is -0.000000461. The summed E-state index contributed by atoms with van der Waals surface area (Å²) in [6, 6.07) is 17.2. The molecule has 13 heteroatoms. The molecule has 0 radical (unpaired) electrons. The van der Waals surface area contributed by atoms with Crippen LogP contribution in [0.5, 0.6) is 0 Å². The van der Waals surface area contributed by atoms with Gasteiger partial charge >= 0.3 is 12.2 Å². The molecule has 0 saturated carbocycles. The Morgan fingerprint density at radius 2 is 0.871 bits per heavy atom. The van der Waals surface area contributed by atoms with Crippen molar-refractivity contribution < 1.29 is 71.8 Å². The first kappa shape index (κ1) is 32.5. The van der Waals surface area contributed by atoms with Gasteiger partial charge in [-0.25, -0.2) is 9.59 Å². The molecule has 0 aromatic heterocycles. The number of hydrogen-bond acceptors (Lipinski definition) is 6. The average Bonchev–Trinajstić information content (AvgIpc) is 2.68. The Bertz CT molecular complexity index is 751. The molecule has 0 bridgehead atoms. The molecular formula is C18H18N2O10W-4. The van der Waals surface area contributed by atoms with Gasteiger partial charge < -0.3 is 21.2 Å². The summed E-state index contributed by atoms with van der Waals surface area (Å²) in [6.07, 6.45) is -3.62. The number of imide groups is 2. The topological polar surface area (TPSA) is 213 Å². The van der Waals surface area contributed by atoms with Gasteiger partial charge in [-0.2, -0.15) is 0 Å². The van der Waals surface area contributed by atoms with Crippen molar-refractivity contribution in [3.05, 3.63) is 71.8 Å². The van der Waals surface area contributed by atoms with Crippen molar-refractivity contribution in [2.24, 2.45) is 0 Å². The Kier molecular flexibility index (Phi) is 17.4. The van der Waals surface area contributed by atoms with Crippen LogP contribution in [0, 0.1) is 0 Å². The maximum absolute atomic E-state index is 11.0. The average molecular weight is 606 g/mol. The Hall–Kier alpha value is -3.15. The third-order valence-electron chi connectivity index (χ3n) is 3.23. The molecule has 4 N–H and O–H groups in total. The number of carboxylic acid groups (broad SMARTS) is 2. The zero-order valence-electron chi connectivity index (χ0n) is 15.7. The van der Waals surface area contributed by atoms with E-state index < -0.39 is 24.0 Å². The fraction of sp³-hybridized carbons (Fsp3) is 0.111. The summed E-state index contributed by atoms with van der Waals surface area (Å²) < 4.78 is 0. The molecule has 2 aromatic rings. The van der Waals surface area contributed by atoms with E-state index in [1.54, 1.807) is 60.7 Å². The number of nitrogens with zero attached hydrogens (tertiary/aromatic N) is 2. The van der Waals surface area contributed by atoms with E-state index in [1.165, 1.54) is 0 Å². The van der Waals surface area contributed by atoms with E-state index in [0.29, 0.717) is 11.1 Å². The van der Waals surface area contributed by atoms with E-state index in [9.17, 15) is 19.2 Å². The third-order valence-corrected chi connectivity index (χ3v) is 3.23. The summed E-state index contributed by atoms with van der Waals surface area (Å²) in [5.74, 6) is -1.74. The van der Waals surface area contributed by atoms with Crippen molar-refractivity contribution in [1.82, 2.24) is 10.1 Å². The van der Waals surface area contributed by atoms with Crippen molar-refractivity contribution in [2.45, 2.75) is 12.8 Å². The summed E-state index contributed by atoms with van der Waals surface area (Å²) in [7, 11) is 0. The third kappa shape index (κ3) is 12.2. The van der Waals surface area contributed by atoms with Crippen LogP contribution in [0.15, 0.2) is 60.7 Å². The van der Waals surface area contributed by atoms with Crippen LogP contribution in [0.1, 0.15) is 11.1 Å². The molecule has 2 aromatic carbocycles. The van der Waals surface area contributed by atoms with Gasteiger partial charge in [0.1, 0.15) is 0 Å². The second kappa shape index (κ2) is 16.6. The number of carbonyl (C=O) groups excluding carboxylic acids is 2. The molecule has 0 aliphatic heterocycles. The fourth-order valence-corrected chi connectivity index (χ4v) is 1.90. The zero-order chi connectivity index (χ0) is 21.1. The molecule has 0 fully saturated rings. The Morgan fingerprint density at radius 3 is 1.10 bits per heavy atom. The van der Waals surface area contributed by atoms with Gasteiger partial charge in [-0.1, -0.05) is 60.7 Å². The fourth-order valence-electron chi connectivity index (χ4n) is 1.90. The molecule has 0 atom stereocenters. The van der Waals surface area contributed by atoms with Gasteiger partial charge in [-0.05, 0) is 11.1 Å². The van der Waals surface area contributed by atoms with Crippen LogP contribution in [0.2, 0.25) is 0 Å². The molecular weight excluding hydrogens is 588 g/mol. The summed E-state index contributed by atoms with van der Waals surface area (Å²) in [5.41, 5.74) is 1.30. The SMILES string of the molecule is O=C(O)N(O)C(=O)Cc1ccccc1.O=C(O)N(O)C(=O)Cc1ccccc1.[O-2].[O-2].[W]. The van der Waals surface area contributed by atoms with Crippen LogP contribution in [0.25, 0.3) is 0 Å². The Morgan fingerprint density at radius 1 is 0.613 bits per heavy atom. The maximum Gasteiger partial charge on any atom is 0.438 e. The van der Waals surface area contributed by atoms with Crippen molar-refractivity contribution in [3.63, 3.8) is 0 Å². The van der Waals surface area contributed by atoms with Crippen molar-refractivity contribution in [2.75, 3.05) is 0 Å². The van der Waals surface area contributed by atoms with E-state index in [-0.39, 0.29) is 55.0 Å². The quantitative estimate of drug-likeness (QED) is 0.298. The molecule has 0 unspecified atom stereocenters. The Labute approximate surface area is 190 Å². The van der Waals surface area contributed by atoms with Crippen LogP contribution in [0.3, 0.4) is 0 Å². The normalized spacial score (nSPS) is 8.58. The molecule has 4 amide bonds. The van der Waals surface area contributed by atoms with E-state index >= 15 is 0 Å². The van der Waals surface area contributed by atoms with Crippen LogP contribution < -0.4 is 0 Å². The standard InChI is InChI=1S/2C9H9NO4.2O.W/c2*11-8(10(14)9(12)13)6-7-4-2-1-3-5-7;;;/h2*1-5,14H,6H2,(H,12,13);;;/q;;2*-2;. The molecule has 12 nitrogen and oxygen atoms in total. The van der Waals surface area contributed by atoms with Crippen LogP contribution in [-0.2, 0) is 54.4 Å². The van der Waals surface area contributed by atoms with Gasteiger partial charge in [0, 0.05) is 21.1 Å². The summed E-state index contributed by atoms with van der Waals surface area (Å²) in [5, 5.41) is 33.4. The van der Waals surface area contributed by atoms with E-state index in [0.717, 1.165) is 0 Å². The van der Waals surface area contributed by atoms with Gasteiger partial charge in [0.05, 0.1) is 12.8 Å². The molecule has 0 saturated heterocycles. The number of amides is 4. The van der Waals surface area contributed by atoms with Crippen LogP contribution in [-0.4, -0.2) is 54.8 Å².